The van der Waals surface area contributed by atoms with Crippen LogP contribution in [0.4, 0.5) is 0 Å². The summed E-state index contributed by atoms with van der Waals surface area (Å²) < 4.78 is 0. The molecular formula is C11H14N2. The van der Waals surface area contributed by atoms with E-state index < -0.39 is 0 Å². The summed E-state index contributed by atoms with van der Waals surface area (Å²) in [6, 6.07) is 0. The van der Waals surface area contributed by atoms with Crippen molar-refractivity contribution in [3.8, 4) is 0 Å². The maximum absolute atomic E-state index is 3.86. The fourth-order valence-electron chi connectivity index (χ4n) is 0.902. The van der Waals surface area contributed by atoms with Crippen molar-refractivity contribution < 1.29 is 0 Å². The van der Waals surface area contributed by atoms with Crippen molar-refractivity contribution in [2.45, 2.75) is 13.3 Å². The van der Waals surface area contributed by atoms with Gasteiger partial charge >= 0.3 is 0 Å². The van der Waals surface area contributed by atoms with Crippen molar-refractivity contribution >= 4 is 0 Å². The summed E-state index contributed by atoms with van der Waals surface area (Å²) in [6.45, 7) is 5.69. The summed E-state index contributed by atoms with van der Waals surface area (Å²) in [5.74, 6) is 0.968. The lowest BCUT2D eigenvalue weighted by molar-refractivity contribution is 1.15. The van der Waals surface area contributed by atoms with Gasteiger partial charge in [0.15, 0.2) is 0 Å². The topological polar surface area (TPSA) is 28.7 Å². The van der Waals surface area contributed by atoms with Crippen molar-refractivity contribution in [3.05, 3.63) is 54.7 Å². The molecule has 0 spiro atoms. The average Bonchev–Trinajstić information content (AvgIpc) is 2.58. The lowest BCUT2D eigenvalue weighted by Crippen LogP contribution is -1.74. The van der Waals surface area contributed by atoms with E-state index in [9.17, 15) is 0 Å². The Bertz CT molecular complexity index is 305. The van der Waals surface area contributed by atoms with Crippen LogP contribution in [0.2, 0.25) is 0 Å². The molecule has 2 heteroatoms. The third-order valence-electron chi connectivity index (χ3n) is 1.59. The van der Waals surface area contributed by atoms with Gasteiger partial charge in [-0.2, -0.15) is 0 Å². The van der Waals surface area contributed by atoms with Crippen LogP contribution in [0.5, 0.6) is 0 Å². The Morgan fingerprint density at radius 2 is 2.31 bits per heavy atom. The second kappa shape index (κ2) is 5.14. The second-order valence-corrected chi connectivity index (χ2v) is 2.82. The monoisotopic (exact) mass is 174 g/mol. The Morgan fingerprint density at radius 1 is 1.46 bits per heavy atom. The van der Waals surface area contributed by atoms with Crippen LogP contribution in [0.15, 0.2) is 48.8 Å². The molecule has 1 aliphatic rings. The first kappa shape index (κ1) is 9.52. The molecule has 0 atom stereocenters. The van der Waals surface area contributed by atoms with Crippen LogP contribution in [-0.2, 0) is 0 Å². The quantitative estimate of drug-likeness (QED) is 0.643. The van der Waals surface area contributed by atoms with Crippen LogP contribution in [0.25, 0.3) is 0 Å². The van der Waals surface area contributed by atoms with Crippen molar-refractivity contribution in [2.75, 3.05) is 0 Å². The number of nitrogens with zero attached hydrogens (tertiary/aromatic N) is 1. The van der Waals surface area contributed by atoms with Gasteiger partial charge in [-0.3, -0.25) is 0 Å². The summed E-state index contributed by atoms with van der Waals surface area (Å²) in [5.41, 5.74) is 1.20. The normalized spacial score (nSPS) is 13.8. The van der Waals surface area contributed by atoms with Gasteiger partial charge in [0.1, 0.15) is 5.82 Å². The number of hydrogen-bond acceptors (Lipinski definition) is 1. The van der Waals surface area contributed by atoms with Gasteiger partial charge in [-0.15, -0.1) is 0 Å². The first-order chi connectivity index (χ1) is 6.29. The second-order valence-electron chi connectivity index (χ2n) is 2.82. The molecule has 2 rings (SSSR count). The van der Waals surface area contributed by atoms with E-state index in [1.165, 1.54) is 5.57 Å². The molecule has 0 unspecified atom stereocenters. The van der Waals surface area contributed by atoms with Gasteiger partial charge in [-0.1, -0.05) is 36.5 Å². The highest BCUT2D eigenvalue weighted by Gasteiger charge is 1.84. The first-order valence-electron chi connectivity index (χ1n) is 4.26. The molecule has 1 aromatic rings. The van der Waals surface area contributed by atoms with E-state index in [0.717, 1.165) is 12.2 Å². The fourth-order valence-corrected chi connectivity index (χ4v) is 0.902. The van der Waals surface area contributed by atoms with E-state index in [1.807, 2.05) is 25.2 Å². The van der Waals surface area contributed by atoms with Crippen LogP contribution < -0.4 is 0 Å². The van der Waals surface area contributed by atoms with Crippen molar-refractivity contribution in [3.63, 3.8) is 0 Å². The third kappa shape index (κ3) is 4.11. The Balaban J connectivity index is 0.000000132. The maximum Gasteiger partial charge on any atom is 0.102 e. The summed E-state index contributed by atoms with van der Waals surface area (Å²) >= 11 is 0. The van der Waals surface area contributed by atoms with Crippen LogP contribution in [0.3, 0.4) is 0 Å². The van der Waals surface area contributed by atoms with E-state index in [-0.39, 0.29) is 0 Å². The number of H-pyrrole nitrogens is 1. The number of allylic oxidation sites excluding steroid dienone is 5. The van der Waals surface area contributed by atoms with Crippen molar-refractivity contribution in [1.82, 2.24) is 9.97 Å². The third-order valence-corrected chi connectivity index (χ3v) is 1.59. The molecule has 2 nitrogen and oxygen atoms in total. The first-order valence-corrected chi connectivity index (χ1v) is 4.26. The van der Waals surface area contributed by atoms with Crippen LogP contribution in [-0.4, -0.2) is 9.97 Å². The zero-order chi connectivity index (χ0) is 9.52. The van der Waals surface area contributed by atoms with Crippen molar-refractivity contribution in [1.29, 1.82) is 0 Å². The zero-order valence-corrected chi connectivity index (χ0v) is 7.83. The smallest absolute Gasteiger partial charge is 0.102 e. The minimum absolute atomic E-state index is 0.968. The molecule has 1 heterocycles. The van der Waals surface area contributed by atoms with Crippen LogP contribution in [0, 0.1) is 6.92 Å². The molecule has 1 aromatic heterocycles. The molecule has 0 radical (unpaired) electrons. The summed E-state index contributed by atoms with van der Waals surface area (Å²) in [5, 5.41) is 0. The van der Waals surface area contributed by atoms with E-state index >= 15 is 0 Å². The Kier molecular flexibility index (Phi) is 3.76. The highest BCUT2D eigenvalue weighted by atomic mass is 14.9. The lowest BCUT2D eigenvalue weighted by Gasteiger charge is -1.94. The molecule has 0 amide bonds. The summed E-state index contributed by atoms with van der Waals surface area (Å²) in [6.07, 6.45) is 12.7. The minimum Gasteiger partial charge on any atom is -0.349 e. The van der Waals surface area contributed by atoms with E-state index in [4.69, 9.17) is 0 Å². The number of hydrogen-bond donors (Lipinski definition) is 1. The number of aryl methyl sites for hydroxylation is 1. The molecule has 0 bridgehead atoms. The molecule has 13 heavy (non-hydrogen) atoms. The Morgan fingerprint density at radius 3 is 2.54 bits per heavy atom. The molecule has 0 saturated carbocycles. The highest BCUT2D eigenvalue weighted by Crippen LogP contribution is 2.05. The van der Waals surface area contributed by atoms with E-state index in [2.05, 4.69) is 22.6 Å². The fraction of sp³-hybridized carbons (Fsp3) is 0.182. The molecule has 1 N–H and O–H groups in total. The molecule has 68 valence electrons. The standard InChI is InChI=1S/C7H8.C4H6N2/c1-7-5-3-2-4-6-7;1-4-5-2-3-6-4/h2-5H,1,6H2;2-3H,1H3,(H,5,6). The lowest BCUT2D eigenvalue weighted by atomic mass is 10.1. The Labute approximate surface area is 78.7 Å². The largest absolute Gasteiger partial charge is 0.349 e. The van der Waals surface area contributed by atoms with Gasteiger partial charge < -0.3 is 4.98 Å². The summed E-state index contributed by atoms with van der Waals surface area (Å²) in [4.78, 5) is 6.75. The van der Waals surface area contributed by atoms with Gasteiger partial charge in [-0.25, -0.2) is 4.98 Å². The average molecular weight is 174 g/mol. The molecule has 0 fully saturated rings. The van der Waals surface area contributed by atoms with Crippen LogP contribution in [0.1, 0.15) is 12.2 Å². The van der Waals surface area contributed by atoms with Gasteiger partial charge in [0.2, 0.25) is 0 Å². The molecule has 0 aliphatic heterocycles. The predicted molar refractivity (Wildman–Crippen MR) is 55.4 cm³/mol. The van der Waals surface area contributed by atoms with Gasteiger partial charge in [0.25, 0.3) is 0 Å². The zero-order valence-electron chi connectivity index (χ0n) is 7.83. The maximum atomic E-state index is 3.86. The minimum atomic E-state index is 0.968. The van der Waals surface area contributed by atoms with Gasteiger partial charge in [-0.05, 0) is 13.3 Å². The number of aromatic nitrogens is 2. The molecule has 1 aliphatic carbocycles. The Hall–Kier alpha value is -1.57. The number of rotatable bonds is 0. The SMILES string of the molecule is C=C1C=CC=CC1.Cc1ncc[nH]1. The highest BCUT2D eigenvalue weighted by molar-refractivity contribution is 5.26. The van der Waals surface area contributed by atoms with Crippen LogP contribution >= 0.6 is 0 Å². The number of imidazole rings is 1. The van der Waals surface area contributed by atoms with E-state index in [1.54, 1.807) is 12.4 Å². The van der Waals surface area contributed by atoms with E-state index in [0.29, 0.717) is 0 Å². The molecule has 0 aromatic carbocycles. The van der Waals surface area contributed by atoms with Gasteiger partial charge in [0, 0.05) is 12.4 Å². The molecule has 0 saturated heterocycles. The van der Waals surface area contributed by atoms with Crippen molar-refractivity contribution in [2.24, 2.45) is 0 Å². The van der Waals surface area contributed by atoms with Gasteiger partial charge in [0.05, 0.1) is 0 Å². The molecular weight excluding hydrogens is 160 g/mol. The number of aromatic amines is 1. The summed E-state index contributed by atoms with van der Waals surface area (Å²) in [7, 11) is 0. The predicted octanol–water partition coefficient (Wildman–Crippen LogP) is 2.78. The number of nitrogens with one attached hydrogen (secondary N) is 1.